The highest BCUT2D eigenvalue weighted by Gasteiger charge is 2.47. The van der Waals surface area contributed by atoms with Crippen LogP contribution in [0.5, 0.6) is 11.5 Å². The van der Waals surface area contributed by atoms with Crippen molar-refractivity contribution in [3.8, 4) is 40.5 Å². The van der Waals surface area contributed by atoms with Crippen molar-refractivity contribution in [2.24, 2.45) is 16.1 Å². The molecule has 1 saturated heterocycles. The van der Waals surface area contributed by atoms with Gasteiger partial charge in [0.2, 0.25) is 0 Å². The van der Waals surface area contributed by atoms with Gasteiger partial charge in [-0.2, -0.15) is 5.26 Å². The molecule has 0 radical (unpaired) electrons. The van der Waals surface area contributed by atoms with Crippen LogP contribution >= 0.6 is 0 Å². The van der Waals surface area contributed by atoms with E-state index in [2.05, 4.69) is 29.8 Å². The minimum Gasteiger partial charge on any atom is -0.462 e. The maximum atomic E-state index is 9.30. The first-order valence-corrected chi connectivity index (χ1v) is 10.9. The highest BCUT2D eigenvalue weighted by molar-refractivity contribution is 5.78. The third-order valence-corrected chi connectivity index (χ3v) is 6.35. The molecule has 0 saturated carbocycles. The van der Waals surface area contributed by atoms with E-state index in [4.69, 9.17) is 24.9 Å². The Morgan fingerprint density at radius 3 is 2.56 bits per heavy atom. The maximum Gasteiger partial charge on any atom is 0.283 e. The second-order valence-corrected chi connectivity index (χ2v) is 8.97. The average molecular weight is 448 g/mol. The molecule has 1 aromatic heterocycles. The van der Waals surface area contributed by atoms with E-state index >= 15 is 0 Å². The van der Waals surface area contributed by atoms with E-state index in [0.717, 1.165) is 22.3 Å². The Morgan fingerprint density at radius 2 is 1.82 bits per heavy atom. The minimum absolute atomic E-state index is 0.124. The molecule has 7 nitrogen and oxygen atoms in total. The van der Waals surface area contributed by atoms with Crippen molar-refractivity contribution in [1.82, 2.24) is 4.98 Å². The lowest BCUT2D eigenvalue weighted by Crippen LogP contribution is -2.38. The molecule has 3 aromatic rings. The van der Waals surface area contributed by atoms with Gasteiger partial charge in [0, 0.05) is 11.1 Å². The number of nitriles is 1. The van der Waals surface area contributed by atoms with E-state index in [0.29, 0.717) is 36.0 Å². The topological polar surface area (TPSA) is 103 Å². The molecule has 1 spiro atoms. The molecule has 3 aliphatic heterocycles. The molecular weight excluding hydrogens is 428 g/mol. The van der Waals surface area contributed by atoms with Crippen LogP contribution in [0.3, 0.4) is 0 Å². The van der Waals surface area contributed by atoms with Gasteiger partial charge in [-0.05, 0) is 54.3 Å². The van der Waals surface area contributed by atoms with Gasteiger partial charge in [0.25, 0.3) is 6.02 Å². The van der Waals surface area contributed by atoms with Crippen LogP contribution in [0.4, 0.5) is 0 Å². The molecule has 1 atom stereocenters. The van der Waals surface area contributed by atoms with E-state index in [1.807, 2.05) is 42.5 Å². The molecule has 3 aliphatic rings. The van der Waals surface area contributed by atoms with E-state index in [-0.39, 0.29) is 18.0 Å². The summed E-state index contributed by atoms with van der Waals surface area (Å²) in [6, 6.07) is 17.6. The minimum atomic E-state index is -0.876. The van der Waals surface area contributed by atoms with Gasteiger partial charge in [-0.25, -0.2) is 9.98 Å². The zero-order chi connectivity index (χ0) is 23.3. The fourth-order valence-corrected chi connectivity index (χ4v) is 4.47. The number of benzene rings is 2. The van der Waals surface area contributed by atoms with Crippen LogP contribution < -0.4 is 10.5 Å². The van der Waals surface area contributed by atoms with Gasteiger partial charge in [-0.15, -0.1) is 0 Å². The summed E-state index contributed by atoms with van der Waals surface area (Å²) in [5.74, 6) is 7.71. The van der Waals surface area contributed by atoms with Crippen molar-refractivity contribution in [3.05, 3.63) is 77.1 Å². The summed E-state index contributed by atoms with van der Waals surface area (Å²) < 4.78 is 17.2. The zero-order valence-corrected chi connectivity index (χ0v) is 18.5. The van der Waals surface area contributed by atoms with E-state index in [1.54, 1.807) is 12.3 Å². The Kier molecular flexibility index (Phi) is 4.38. The number of amidine groups is 1. The van der Waals surface area contributed by atoms with Crippen LogP contribution in [0, 0.1) is 28.6 Å². The van der Waals surface area contributed by atoms with Gasteiger partial charge in [0.15, 0.2) is 11.3 Å². The number of rotatable bonds is 1. The number of nitrogens with two attached hydrogens (primary N) is 1. The van der Waals surface area contributed by atoms with Crippen molar-refractivity contribution < 1.29 is 14.2 Å². The summed E-state index contributed by atoms with van der Waals surface area (Å²) in [6.45, 7) is 3.55. The maximum absolute atomic E-state index is 9.30. The summed E-state index contributed by atoms with van der Waals surface area (Å²) in [5, 5.41) is 9.30. The number of hydrogen-bond acceptors (Lipinski definition) is 7. The number of fused-ring (bicyclic) bond motifs is 4. The van der Waals surface area contributed by atoms with E-state index in [1.165, 1.54) is 0 Å². The highest BCUT2D eigenvalue weighted by atomic mass is 16.5. The zero-order valence-electron chi connectivity index (χ0n) is 18.5. The van der Waals surface area contributed by atoms with Gasteiger partial charge in [-0.1, -0.05) is 24.1 Å². The predicted molar refractivity (Wildman–Crippen MR) is 125 cm³/mol. The van der Waals surface area contributed by atoms with Crippen molar-refractivity contribution >= 4 is 6.02 Å². The first-order chi connectivity index (χ1) is 16.5. The van der Waals surface area contributed by atoms with Gasteiger partial charge in [0.05, 0.1) is 36.5 Å². The Bertz CT molecular complexity index is 1470. The highest BCUT2D eigenvalue weighted by Crippen LogP contribution is 2.51. The fourth-order valence-electron chi connectivity index (χ4n) is 4.47. The van der Waals surface area contributed by atoms with Gasteiger partial charge >= 0.3 is 0 Å². The molecule has 7 heteroatoms. The second-order valence-electron chi connectivity index (χ2n) is 8.97. The molecule has 166 valence electrons. The summed E-state index contributed by atoms with van der Waals surface area (Å²) in [6.07, 6.45) is 1.68. The quantitative estimate of drug-likeness (QED) is 0.570. The molecule has 0 aliphatic carbocycles. The third-order valence-electron chi connectivity index (χ3n) is 6.35. The molecule has 0 bridgehead atoms. The monoisotopic (exact) mass is 448 g/mol. The summed E-state index contributed by atoms with van der Waals surface area (Å²) in [7, 11) is 0. The average Bonchev–Trinajstić information content (AvgIpc) is 3.24. The van der Waals surface area contributed by atoms with Crippen molar-refractivity contribution in [3.63, 3.8) is 0 Å². The Morgan fingerprint density at radius 1 is 1.00 bits per heavy atom. The molecule has 4 heterocycles. The molecule has 0 amide bonds. The standard InChI is InChI=1S/C27H20N4O3/c1-26(14-32-15-26)8-7-20-11-22-24(13-30-20)34-23-6-5-19(18-4-2-3-17(9-18)12-28)10-21(23)27(22)16-33-25(29)31-27/h2-6,9-11,13H,14-16H2,1H3,(H2,29,31)/t27-/m0/s1. The normalized spacial score (nSPS) is 20.9. The van der Waals surface area contributed by atoms with Crippen LogP contribution in [0.2, 0.25) is 0 Å². The molecule has 0 unspecified atom stereocenters. The summed E-state index contributed by atoms with van der Waals surface area (Å²) in [5.41, 5.74) is 9.71. The van der Waals surface area contributed by atoms with Crippen LogP contribution in [-0.4, -0.2) is 30.8 Å². The Labute approximate surface area is 196 Å². The van der Waals surface area contributed by atoms with Crippen LogP contribution in [0.1, 0.15) is 29.3 Å². The SMILES string of the molecule is CC1(C#Cc2cc3c(cn2)Oc2ccc(-c4cccc(C#N)c4)cc2[C@@]32COC(N)=N2)COC1. The largest absolute Gasteiger partial charge is 0.462 e. The van der Waals surface area contributed by atoms with Crippen molar-refractivity contribution in [2.75, 3.05) is 19.8 Å². The summed E-state index contributed by atoms with van der Waals surface area (Å²) >= 11 is 0. The number of nitrogens with zero attached hydrogens (tertiary/aromatic N) is 3. The molecule has 2 aromatic carbocycles. The first kappa shape index (κ1) is 20.3. The number of hydrogen-bond donors (Lipinski definition) is 1. The van der Waals surface area contributed by atoms with Crippen LogP contribution in [-0.2, 0) is 15.0 Å². The number of ether oxygens (including phenoxy) is 3. The molecule has 6 rings (SSSR count). The lowest BCUT2D eigenvalue weighted by Gasteiger charge is -2.33. The predicted octanol–water partition coefficient (Wildman–Crippen LogP) is 3.70. The lowest BCUT2D eigenvalue weighted by atomic mass is 9.80. The van der Waals surface area contributed by atoms with Gasteiger partial charge < -0.3 is 19.9 Å². The first-order valence-electron chi connectivity index (χ1n) is 10.9. The molecule has 34 heavy (non-hydrogen) atoms. The van der Waals surface area contributed by atoms with Gasteiger partial charge in [-0.3, -0.25) is 0 Å². The molecule has 2 N–H and O–H groups in total. The molecule has 1 fully saturated rings. The van der Waals surface area contributed by atoms with Crippen molar-refractivity contribution in [1.29, 1.82) is 5.26 Å². The Hall–Kier alpha value is -4.33. The van der Waals surface area contributed by atoms with Crippen LogP contribution in [0.15, 0.2) is 59.7 Å². The summed E-state index contributed by atoms with van der Waals surface area (Å²) in [4.78, 5) is 9.25. The lowest BCUT2D eigenvalue weighted by molar-refractivity contribution is -0.0648. The smallest absolute Gasteiger partial charge is 0.283 e. The number of aliphatic imine (C=N–C) groups is 1. The Balaban J connectivity index is 1.49. The van der Waals surface area contributed by atoms with E-state index in [9.17, 15) is 5.26 Å². The second kappa shape index (κ2) is 7.34. The number of pyridine rings is 1. The third kappa shape index (κ3) is 3.18. The van der Waals surface area contributed by atoms with E-state index < -0.39 is 5.54 Å². The van der Waals surface area contributed by atoms with Crippen LogP contribution in [0.25, 0.3) is 11.1 Å². The molecular formula is C27H20N4O3. The number of aromatic nitrogens is 1. The fraction of sp³-hybridized carbons (Fsp3) is 0.222. The van der Waals surface area contributed by atoms with Crippen molar-refractivity contribution in [2.45, 2.75) is 12.5 Å². The van der Waals surface area contributed by atoms with Gasteiger partial charge in [0.1, 0.15) is 18.1 Å².